The van der Waals surface area contributed by atoms with Crippen molar-refractivity contribution < 1.29 is 0 Å². The second kappa shape index (κ2) is 5.94. The van der Waals surface area contributed by atoms with Crippen molar-refractivity contribution in [3.63, 3.8) is 0 Å². The van der Waals surface area contributed by atoms with Crippen LogP contribution in [0.1, 0.15) is 26.7 Å². The third-order valence-corrected chi connectivity index (χ3v) is 4.59. The molecule has 16 heavy (non-hydrogen) atoms. The van der Waals surface area contributed by atoms with Crippen LogP contribution in [0.15, 0.2) is 12.1 Å². The van der Waals surface area contributed by atoms with Crippen molar-refractivity contribution in [1.82, 2.24) is 10.2 Å². The fourth-order valence-electron chi connectivity index (χ4n) is 1.55. The lowest BCUT2D eigenvalue weighted by Gasteiger charge is -2.29. The summed E-state index contributed by atoms with van der Waals surface area (Å²) in [5, 5.41) is 11.1. The van der Waals surface area contributed by atoms with Crippen molar-refractivity contribution in [2.24, 2.45) is 0 Å². The first kappa shape index (κ1) is 13.1. The highest BCUT2D eigenvalue weighted by Crippen LogP contribution is 2.30. The number of thioether (sulfide) groups is 1. The Bertz CT molecular complexity index is 300. The van der Waals surface area contributed by atoms with Gasteiger partial charge in [-0.15, -0.1) is 10.2 Å². The SMILES string of the molecule is CCC(CC)(CNc1ccc(N)nn1)SC. The fourth-order valence-corrected chi connectivity index (χ4v) is 2.34. The monoisotopic (exact) mass is 240 g/mol. The molecule has 1 aromatic heterocycles. The van der Waals surface area contributed by atoms with Crippen LogP contribution in [0.3, 0.4) is 0 Å². The van der Waals surface area contributed by atoms with Crippen LogP contribution in [0, 0.1) is 0 Å². The molecular weight excluding hydrogens is 220 g/mol. The summed E-state index contributed by atoms with van der Waals surface area (Å²) in [6, 6.07) is 3.62. The van der Waals surface area contributed by atoms with Crippen molar-refractivity contribution in [1.29, 1.82) is 0 Å². The smallest absolute Gasteiger partial charge is 0.148 e. The normalized spacial score (nSPS) is 11.4. The van der Waals surface area contributed by atoms with Crippen molar-refractivity contribution in [3.8, 4) is 0 Å². The summed E-state index contributed by atoms with van der Waals surface area (Å²) in [7, 11) is 0. The Hall–Kier alpha value is -0.970. The minimum atomic E-state index is 0.281. The number of nitrogens with one attached hydrogen (secondary N) is 1. The van der Waals surface area contributed by atoms with Crippen LogP contribution in [0.4, 0.5) is 11.6 Å². The predicted molar refractivity (Wildman–Crippen MR) is 71.8 cm³/mol. The molecule has 0 saturated heterocycles. The molecule has 0 amide bonds. The highest BCUT2D eigenvalue weighted by Gasteiger charge is 2.24. The third-order valence-electron chi connectivity index (χ3n) is 3.00. The number of nitrogen functional groups attached to an aromatic ring is 1. The summed E-state index contributed by atoms with van der Waals surface area (Å²) in [5.74, 6) is 1.24. The van der Waals surface area contributed by atoms with E-state index in [-0.39, 0.29) is 4.75 Å². The number of nitrogens with two attached hydrogens (primary N) is 1. The average Bonchev–Trinajstić information content (AvgIpc) is 2.34. The standard InChI is InChI=1S/C11H20N4S/c1-4-11(5-2,16-3)8-13-10-7-6-9(12)14-15-10/h6-7H,4-5,8H2,1-3H3,(H2,12,14)(H,13,15). The fraction of sp³-hybridized carbons (Fsp3) is 0.636. The number of aromatic nitrogens is 2. The summed E-state index contributed by atoms with van der Waals surface area (Å²) in [6.07, 6.45) is 4.43. The van der Waals surface area contributed by atoms with E-state index in [0.29, 0.717) is 5.82 Å². The number of hydrogen-bond acceptors (Lipinski definition) is 5. The molecule has 0 aliphatic heterocycles. The number of rotatable bonds is 6. The van der Waals surface area contributed by atoms with Gasteiger partial charge < -0.3 is 11.1 Å². The zero-order valence-corrected chi connectivity index (χ0v) is 11.0. The van der Waals surface area contributed by atoms with Gasteiger partial charge in [-0.2, -0.15) is 11.8 Å². The molecule has 5 heteroatoms. The van der Waals surface area contributed by atoms with E-state index >= 15 is 0 Å². The topological polar surface area (TPSA) is 63.8 Å². The van der Waals surface area contributed by atoms with Crippen LogP contribution < -0.4 is 11.1 Å². The molecule has 0 spiro atoms. The van der Waals surface area contributed by atoms with Crippen LogP contribution in [0.2, 0.25) is 0 Å². The van der Waals surface area contributed by atoms with E-state index in [1.165, 1.54) is 0 Å². The van der Waals surface area contributed by atoms with E-state index < -0.39 is 0 Å². The highest BCUT2D eigenvalue weighted by molar-refractivity contribution is 8.00. The van der Waals surface area contributed by atoms with Gasteiger partial charge in [-0.25, -0.2) is 0 Å². The van der Waals surface area contributed by atoms with Crippen molar-refractivity contribution in [3.05, 3.63) is 12.1 Å². The van der Waals surface area contributed by atoms with Crippen LogP contribution in [0.25, 0.3) is 0 Å². The molecule has 0 saturated carbocycles. The lowest BCUT2D eigenvalue weighted by Crippen LogP contribution is -2.32. The van der Waals surface area contributed by atoms with Gasteiger partial charge in [0.15, 0.2) is 0 Å². The molecule has 1 rings (SSSR count). The minimum absolute atomic E-state index is 0.281. The third kappa shape index (κ3) is 3.27. The Morgan fingerprint density at radius 3 is 2.44 bits per heavy atom. The van der Waals surface area contributed by atoms with E-state index in [1.807, 2.05) is 17.8 Å². The Balaban J connectivity index is 2.58. The molecule has 0 radical (unpaired) electrons. The quantitative estimate of drug-likeness (QED) is 0.799. The molecule has 0 aliphatic carbocycles. The van der Waals surface area contributed by atoms with Crippen LogP contribution in [-0.2, 0) is 0 Å². The molecular formula is C11H20N4S. The molecule has 3 N–H and O–H groups in total. The number of anilines is 2. The van der Waals surface area contributed by atoms with Gasteiger partial charge in [0, 0.05) is 11.3 Å². The second-order valence-corrected chi connectivity index (χ2v) is 5.07. The van der Waals surface area contributed by atoms with Gasteiger partial charge in [0.25, 0.3) is 0 Å². The first-order valence-electron chi connectivity index (χ1n) is 5.54. The first-order chi connectivity index (χ1) is 7.65. The molecule has 4 nitrogen and oxygen atoms in total. The molecule has 1 heterocycles. The van der Waals surface area contributed by atoms with Gasteiger partial charge in [0.2, 0.25) is 0 Å². The van der Waals surface area contributed by atoms with E-state index in [0.717, 1.165) is 25.2 Å². The lowest BCUT2D eigenvalue weighted by molar-refractivity contribution is 0.573. The molecule has 0 aliphatic rings. The summed E-state index contributed by atoms with van der Waals surface area (Å²) in [5.41, 5.74) is 5.48. The summed E-state index contributed by atoms with van der Waals surface area (Å²) >= 11 is 1.90. The van der Waals surface area contributed by atoms with E-state index in [9.17, 15) is 0 Å². The Kier molecular flexibility index (Phi) is 4.86. The summed E-state index contributed by atoms with van der Waals surface area (Å²) in [4.78, 5) is 0. The Morgan fingerprint density at radius 1 is 1.31 bits per heavy atom. The average molecular weight is 240 g/mol. The van der Waals surface area contributed by atoms with Crippen LogP contribution in [-0.4, -0.2) is 27.7 Å². The molecule has 0 fully saturated rings. The van der Waals surface area contributed by atoms with E-state index in [4.69, 9.17) is 5.73 Å². The van der Waals surface area contributed by atoms with Crippen molar-refractivity contribution >= 4 is 23.4 Å². The molecule has 0 bridgehead atoms. The van der Waals surface area contributed by atoms with Gasteiger partial charge in [-0.1, -0.05) is 13.8 Å². The molecule has 0 aromatic carbocycles. The maximum absolute atomic E-state index is 5.48. The lowest BCUT2D eigenvalue weighted by atomic mass is 10.0. The zero-order chi connectivity index (χ0) is 12.0. The predicted octanol–water partition coefficient (Wildman–Crippen LogP) is 2.39. The van der Waals surface area contributed by atoms with Gasteiger partial charge in [-0.3, -0.25) is 0 Å². The highest BCUT2D eigenvalue weighted by atomic mass is 32.2. The maximum Gasteiger partial charge on any atom is 0.148 e. The van der Waals surface area contributed by atoms with Gasteiger partial charge in [0.05, 0.1) is 0 Å². The summed E-state index contributed by atoms with van der Waals surface area (Å²) < 4.78 is 0.281. The number of hydrogen-bond donors (Lipinski definition) is 2. The van der Waals surface area contributed by atoms with Crippen molar-refractivity contribution in [2.75, 3.05) is 23.9 Å². The molecule has 0 unspecified atom stereocenters. The minimum Gasteiger partial charge on any atom is -0.382 e. The Labute approximate surface area is 101 Å². The molecule has 90 valence electrons. The van der Waals surface area contributed by atoms with Crippen LogP contribution >= 0.6 is 11.8 Å². The van der Waals surface area contributed by atoms with Gasteiger partial charge in [0.1, 0.15) is 11.6 Å². The first-order valence-corrected chi connectivity index (χ1v) is 6.76. The zero-order valence-electron chi connectivity index (χ0n) is 10.2. The Morgan fingerprint density at radius 2 is 2.00 bits per heavy atom. The van der Waals surface area contributed by atoms with Crippen LogP contribution in [0.5, 0.6) is 0 Å². The van der Waals surface area contributed by atoms with E-state index in [1.54, 1.807) is 6.07 Å². The molecule has 1 aromatic rings. The summed E-state index contributed by atoms with van der Waals surface area (Å²) in [6.45, 7) is 5.34. The maximum atomic E-state index is 5.48. The number of nitrogens with zero attached hydrogens (tertiary/aromatic N) is 2. The largest absolute Gasteiger partial charge is 0.382 e. The van der Waals surface area contributed by atoms with Gasteiger partial charge >= 0.3 is 0 Å². The van der Waals surface area contributed by atoms with Gasteiger partial charge in [-0.05, 0) is 31.2 Å². The second-order valence-electron chi connectivity index (χ2n) is 3.79. The van der Waals surface area contributed by atoms with Crippen molar-refractivity contribution in [2.45, 2.75) is 31.4 Å². The molecule has 0 atom stereocenters. The van der Waals surface area contributed by atoms with E-state index in [2.05, 4.69) is 35.6 Å².